The van der Waals surface area contributed by atoms with Crippen LogP contribution in [-0.2, 0) is 10.0 Å². The van der Waals surface area contributed by atoms with Crippen LogP contribution in [0, 0.1) is 5.41 Å². The van der Waals surface area contributed by atoms with Gasteiger partial charge in [0.1, 0.15) is 4.90 Å². The quantitative estimate of drug-likeness (QED) is 0.837. The second-order valence-corrected chi connectivity index (χ2v) is 7.78. The molecule has 1 aromatic carbocycles. The van der Waals surface area contributed by atoms with Gasteiger partial charge in [-0.15, -0.1) is 0 Å². The molecule has 1 aliphatic rings. The molecule has 106 valence electrons. The summed E-state index contributed by atoms with van der Waals surface area (Å²) >= 11 is 0. The summed E-state index contributed by atoms with van der Waals surface area (Å²) < 4.78 is 27.4. The van der Waals surface area contributed by atoms with Crippen molar-refractivity contribution in [3.63, 3.8) is 0 Å². The van der Waals surface area contributed by atoms with E-state index in [2.05, 4.69) is 18.6 Å². The molecule has 0 heterocycles. The number of para-hydroxylation sites is 1. The Labute approximate surface area is 115 Å². The maximum atomic E-state index is 12.3. The Balaban J connectivity index is 2.09. The van der Waals surface area contributed by atoms with Crippen molar-refractivity contribution in [1.29, 1.82) is 0 Å². The number of anilines is 1. The summed E-state index contributed by atoms with van der Waals surface area (Å²) in [7, 11) is -3.50. The Bertz CT molecular complexity index is 542. The minimum Gasteiger partial charge on any atom is -0.398 e. The summed E-state index contributed by atoms with van der Waals surface area (Å²) in [5.41, 5.74) is 6.36. The molecule has 4 nitrogen and oxygen atoms in total. The first-order valence-corrected chi connectivity index (χ1v) is 8.15. The predicted molar refractivity (Wildman–Crippen MR) is 77.2 cm³/mol. The van der Waals surface area contributed by atoms with Crippen molar-refractivity contribution in [3.8, 4) is 0 Å². The van der Waals surface area contributed by atoms with Crippen LogP contribution < -0.4 is 10.5 Å². The van der Waals surface area contributed by atoms with Crippen molar-refractivity contribution in [2.45, 2.75) is 50.5 Å². The van der Waals surface area contributed by atoms with E-state index in [1.165, 1.54) is 0 Å². The standard InChI is InChI=1S/C14H22N2O2S/c1-14(2)9-7-11(8-10-14)16-19(17,18)13-6-4-3-5-12(13)15/h3-6,11,16H,7-10,15H2,1-2H3. The van der Waals surface area contributed by atoms with Gasteiger partial charge in [-0.1, -0.05) is 26.0 Å². The Morgan fingerprint density at radius 1 is 1.21 bits per heavy atom. The van der Waals surface area contributed by atoms with Crippen molar-refractivity contribution in [1.82, 2.24) is 4.72 Å². The lowest BCUT2D eigenvalue weighted by Gasteiger charge is -2.34. The van der Waals surface area contributed by atoms with E-state index < -0.39 is 10.0 Å². The molecule has 1 aliphatic carbocycles. The zero-order valence-electron chi connectivity index (χ0n) is 11.5. The molecule has 0 radical (unpaired) electrons. The Kier molecular flexibility index (Phi) is 3.87. The summed E-state index contributed by atoms with van der Waals surface area (Å²) in [4.78, 5) is 0.180. The maximum Gasteiger partial charge on any atom is 0.242 e. The summed E-state index contributed by atoms with van der Waals surface area (Å²) in [6, 6.07) is 6.60. The summed E-state index contributed by atoms with van der Waals surface area (Å²) in [6.45, 7) is 4.46. The van der Waals surface area contributed by atoms with E-state index in [1.54, 1.807) is 24.3 Å². The van der Waals surface area contributed by atoms with E-state index >= 15 is 0 Å². The zero-order chi connectivity index (χ0) is 14.1. The summed E-state index contributed by atoms with van der Waals surface area (Å²) in [5.74, 6) is 0. The van der Waals surface area contributed by atoms with E-state index in [9.17, 15) is 8.42 Å². The Morgan fingerprint density at radius 3 is 2.37 bits per heavy atom. The minimum atomic E-state index is -3.50. The van der Waals surface area contributed by atoms with E-state index in [4.69, 9.17) is 5.73 Å². The van der Waals surface area contributed by atoms with Gasteiger partial charge in [-0.25, -0.2) is 13.1 Å². The largest absolute Gasteiger partial charge is 0.398 e. The van der Waals surface area contributed by atoms with E-state index in [0.717, 1.165) is 25.7 Å². The molecule has 0 bridgehead atoms. The lowest BCUT2D eigenvalue weighted by atomic mass is 9.76. The van der Waals surface area contributed by atoms with Crippen molar-refractivity contribution >= 4 is 15.7 Å². The average molecular weight is 282 g/mol. The SMILES string of the molecule is CC1(C)CCC(NS(=O)(=O)c2ccccc2N)CC1. The van der Waals surface area contributed by atoms with Crippen molar-refractivity contribution < 1.29 is 8.42 Å². The second kappa shape index (κ2) is 5.13. The highest BCUT2D eigenvalue weighted by Gasteiger charge is 2.30. The highest BCUT2D eigenvalue weighted by atomic mass is 32.2. The molecule has 0 atom stereocenters. The Hall–Kier alpha value is -1.07. The van der Waals surface area contributed by atoms with Crippen LogP contribution in [0.2, 0.25) is 0 Å². The van der Waals surface area contributed by atoms with Crippen LogP contribution >= 0.6 is 0 Å². The van der Waals surface area contributed by atoms with Crippen LogP contribution in [0.3, 0.4) is 0 Å². The molecule has 0 amide bonds. The van der Waals surface area contributed by atoms with Gasteiger partial charge < -0.3 is 5.73 Å². The number of nitrogens with one attached hydrogen (secondary N) is 1. The fourth-order valence-electron chi connectivity index (χ4n) is 2.53. The molecule has 5 heteroatoms. The highest BCUT2D eigenvalue weighted by Crippen LogP contribution is 2.35. The minimum absolute atomic E-state index is 0.0256. The smallest absolute Gasteiger partial charge is 0.242 e. The number of hydrogen-bond donors (Lipinski definition) is 2. The van der Waals surface area contributed by atoms with Crippen molar-refractivity contribution in [2.75, 3.05) is 5.73 Å². The molecular formula is C14H22N2O2S. The molecule has 0 unspecified atom stereocenters. The summed E-state index contributed by atoms with van der Waals surface area (Å²) in [5, 5.41) is 0. The first-order chi connectivity index (χ1) is 8.80. The lowest BCUT2D eigenvalue weighted by Crippen LogP contribution is -2.39. The molecule has 1 saturated carbocycles. The van der Waals surface area contributed by atoms with Gasteiger partial charge in [-0.3, -0.25) is 0 Å². The van der Waals surface area contributed by atoms with Gasteiger partial charge in [-0.2, -0.15) is 0 Å². The Morgan fingerprint density at radius 2 is 1.79 bits per heavy atom. The van der Waals surface area contributed by atoms with Crippen LogP contribution in [0.1, 0.15) is 39.5 Å². The first kappa shape index (κ1) is 14.3. The lowest BCUT2D eigenvalue weighted by molar-refractivity contribution is 0.218. The van der Waals surface area contributed by atoms with Crippen LogP contribution in [0.15, 0.2) is 29.2 Å². The monoisotopic (exact) mass is 282 g/mol. The molecular weight excluding hydrogens is 260 g/mol. The fourth-order valence-corrected chi connectivity index (χ4v) is 3.96. The second-order valence-electron chi connectivity index (χ2n) is 6.10. The first-order valence-electron chi connectivity index (χ1n) is 6.67. The van der Waals surface area contributed by atoms with Crippen molar-refractivity contribution in [2.24, 2.45) is 5.41 Å². The number of benzene rings is 1. The predicted octanol–water partition coefficient (Wildman–Crippen LogP) is 2.52. The molecule has 0 aliphatic heterocycles. The van der Waals surface area contributed by atoms with Gasteiger partial charge in [0.2, 0.25) is 10.0 Å². The van der Waals surface area contributed by atoms with E-state index in [0.29, 0.717) is 11.1 Å². The third-order valence-electron chi connectivity index (χ3n) is 3.87. The number of hydrogen-bond acceptors (Lipinski definition) is 3. The topological polar surface area (TPSA) is 72.2 Å². The van der Waals surface area contributed by atoms with Gasteiger partial charge in [0.05, 0.1) is 5.69 Å². The highest BCUT2D eigenvalue weighted by molar-refractivity contribution is 7.89. The number of nitrogen functional groups attached to an aromatic ring is 1. The molecule has 0 saturated heterocycles. The van der Waals surface area contributed by atoms with Gasteiger partial charge in [-0.05, 0) is 43.2 Å². The van der Waals surface area contributed by atoms with Crippen LogP contribution in [0.25, 0.3) is 0 Å². The van der Waals surface area contributed by atoms with Gasteiger partial charge >= 0.3 is 0 Å². The van der Waals surface area contributed by atoms with Crippen LogP contribution in [0.5, 0.6) is 0 Å². The van der Waals surface area contributed by atoms with Gasteiger partial charge in [0.25, 0.3) is 0 Å². The third kappa shape index (κ3) is 3.48. The molecule has 0 aromatic heterocycles. The zero-order valence-corrected chi connectivity index (χ0v) is 12.3. The van der Waals surface area contributed by atoms with Gasteiger partial charge in [0.15, 0.2) is 0 Å². The molecule has 1 aromatic rings. The molecule has 0 spiro atoms. The summed E-state index contributed by atoms with van der Waals surface area (Å²) in [6.07, 6.45) is 3.87. The molecule has 2 rings (SSSR count). The number of sulfonamides is 1. The molecule has 19 heavy (non-hydrogen) atoms. The normalized spacial score (nSPS) is 20.3. The maximum absolute atomic E-state index is 12.3. The van der Waals surface area contributed by atoms with Gasteiger partial charge in [0, 0.05) is 6.04 Å². The van der Waals surface area contributed by atoms with Crippen LogP contribution in [0.4, 0.5) is 5.69 Å². The molecule has 3 N–H and O–H groups in total. The fraction of sp³-hybridized carbons (Fsp3) is 0.571. The third-order valence-corrected chi connectivity index (χ3v) is 5.46. The van der Waals surface area contributed by atoms with E-state index in [-0.39, 0.29) is 10.9 Å². The van der Waals surface area contributed by atoms with Crippen LogP contribution in [-0.4, -0.2) is 14.5 Å². The number of rotatable bonds is 3. The van der Waals surface area contributed by atoms with E-state index in [1.807, 2.05) is 0 Å². The number of nitrogens with two attached hydrogens (primary N) is 1. The molecule has 1 fully saturated rings. The van der Waals surface area contributed by atoms with Crippen molar-refractivity contribution in [3.05, 3.63) is 24.3 Å². The average Bonchev–Trinajstić information content (AvgIpc) is 2.32.